The predicted octanol–water partition coefficient (Wildman–Crippen LogP) is -0.0247. The van der Waals surface area contributed by atoms with Gasteiger partial charge in [0, 0.05) is 70.2 Å². The number of ether oxygens (including phenoxy) is 4. The zero-order chi connectivity index (χ0) is 58.1. The number of aromatic amines is 1. The Morgan fingerprint density at radius 1 is 0.654 bits per heavy atom. The van der Waals surface area contributed by atoms with Crippen LogP contribution in [-0.4, -0.2) is 182 Å². The van der Waals surface area contributed by atoms with Gasteiger partial charge in [-0.1, -0.05) is 36.8 Å². The lowest BCUT2D eigenvalue weighted by molar-refractivity contribution is -0.144. The molecule has 0 spiro atoms. The molecule has 0 aliphatic heterocycles. The number of carboxylic acids is 2. The fraction of sp³-hybridized carbons (Fsp3) is 0.653. The van der Waals surface area contributed by atoms with Gasteiger partial charge in [0.15, 0.2) is 11.6 Å². The van der Waals surface area contributed by atoms with Crippen LogP contribution in [0.5, 0.6) is 0 Å². The number of primary amides is 1. The van der Waals surface area contributed by atoms with Gasteiger partial charge in [-0.3, -0.25) is 47.9 Å². The van der Waals surface area contributed by atoms with E-state index >= 15 is 0 Å². The number of aliphatic carboxylic acids is 2. The minimum Gasteiger partial charge on any atom is -0.481 e. The van der Waals surface area contributed by atoms with E-state index in [1.807, 2.05) is 23.8 Å². The number of amides is 6. The van der Waals surface area contributed by atoms with E-state index in [0.29, 0.717) is 62.9 Å². The molecule has 2 aromatic rings. The first-order chi connectivity index (χ1) is 37.2. The van der Waals surface area contributed by atoms with Gasteiger partial charge in [0.2, 0.25) is 39.6 Å². The number of unbranched alkanes of at least 4 members (excludes halogenated alkanes) is 1. The van der Waals surface area contributed by atoms with Gasteiger partial charge in [0.1, 0.15) is 31.1 Å². The SMILES string of the molecule is CCC(=O)NC(CCC(=O)CCCOCCOCC(=O)NC(CCCCNC(=O)c1ccc(C)cc1)C(N)=O)C(=O)O.CCC(CC(=O)COCCOCCNC(=O)CCCS(=O)(=O)NC(=O)CCCc1nn[nH]n1)C(=O)O. The van der Waals surface area contributed by atoms with Gasteiger partial charge in [0.05, 0.1) is 44.7 Å². The van der Waals surface area contributed by atoms with Crippen molar-refractivity contribution in [1.82, 2.24) is 46.6 Å². The number of aromatic nitrogens is 4. The minimum absolute atomic E-state index is 0.0142. The molecule has 1 aromatic heterocycles. The highest BCUT2D eigenvalue weighted by atomic mass is 32.2. The van der Waals surface area contributed by atoms with Gasteiger partial charge >= 0.3 is 11.9 Å². The zero-order valence-electron chi connectivity index (χ0n) is 44.7. The maximum atomic E-state index is 12.1. The van der Waals surface area contributed by atoms with Crippen LogP contribution in [0.25, 0.3) is 0 Å². The Balaban J connectivity index is 0.000000789. The second kappa shape index (κ2) is 41.3. The number of nitrogens with zero attached hydrogens (tertiary/aromatic N) is 3. The lowest BCUT2D eigenvalue weighted by Gasteiger charge is -2.15. The molecule has 0 bridgehead atoms. The number of carbonyl (C=O) groups is 10. The molecule has 1 aromatic carbocycles. The molecule has 29 heteroatoms. The first-order valence-electron chi connectivity index (χ1n) is 25.7. The molecule has 0 radical (unpaired) electrons. The summed E-state index contributed by atoms with van der Waals surface area (Å²) in [5.41, 5.74) is 7.04. The van der Waals surface area contributed by atoms with Crippen LogP contribution in [0.2, 0.25) is 0 Å². The van der Waals surface area contributed by atoms with E-state index in [2.05, 4.69) is 41.9 Å². The molecule has 10 N–H and O–H groups in total. The number of nitrogens with one attached hydrogen (secondary N) is 6. The van der Waals surface area contributed by atoms with Crippen LogP contribution in [0.3, 0.4) is 0 Å². The van der Waals surface area contributed by atoms with Crippen molar-refractivity contribution in [2.24, 2.45) is 11.7 Å². The third-order valence-corrected chi connectivity index (χ3v) is 12.4. The molecular formula is C49H78N10O18S. The van der Waals surface area contributed by atoms with Crippen molar-refractivity contribution >= 4 is 69.0 Å². The average Bonchev–Trinajstić information content (AvgIpc) is 3.91. The molecule has 0 aliphatic carbocycles. The Bertz CT molecular complexity index is 2270. The van der Waals surface area contributed by atoms with Crippen LogP contribution >= 0.6 is 0 Å². The Kier molecular flexibility index (Phi) is 36.6. The number of hydrogen-bond donors (Lipinski definition) is 9. The molecule has 2 rings (SSSR count). The van der Waals surface area contributed by atoms with Crippen LogP contribution < -0.4 is 31.7 Å². The molecule has 0 saturated carbocycles. The average molecular weight is 1130 g/mol. The standard InChI is InChI=1S/C29H44N4O9.C20H34N6O9S/c1-3-25(35)33-24(29(39)40)14-13-22(34)7-6-16-41-17-18-42-19-26(36)32-23(27(30)37)8-4-5-15-31-28(38)21-11-9-20(2)10-12-21;1-2-15(20(30)31)13-16(27)14-35-11-10-34-9-8-21-18(28)7-4-12-36(32,33)24-19(29)6-3-5-17-22-25-26-23-17/h9-12,23-24H,3-8,13-19H2,1-2H3,(H2,30,37)(H,31,38)(H,32,36)(H,33,35)(H,39,40);15H,2-14H2,1H3,(H,21,28)(H,24,29)(H,30,31)(H,22,23,25,26). The number of H-pyrrole nitrogens is 1. The highest BCUT2D eigenvalue weighted by molar-refractivity contribution is 7.90. The molecule has 28 nitrogen and oxygen atoms in total. The number of aryl methyl sites for hydroxylation is 2. The number of sulfonamides is 1. The van der Waals surface area contributed by atoms with Crippen LogP contribution in [0.4, 0.5) is 0 Å². The lowest BCUT2D eigenvalue weighted by atomic mass is 10.0. The Labute approximate surface area is 453 Å². The number of hydrogen-bond acceptors (Lipinski definition) is 19. The van der Waals surface area contributed by atoms with Crippen molar-refractivity contribution in [1.29, 1.82) is 0 Å². The van der Waals surface area contributed by atoms with E-state index in [-0.39, 0.29) is 146 Å². The molecule has 78 heavy (non-hydrogen) atoms. The van der Waals surface area contributed by atoms with Crippen molar-refractivity contribution in [2.45, 2.75) is 129 Å². The molecule has 0 fully saturated rings. The van der Waals surface area contributed by atoms with Crippen LogP contribution in [-0.2, 0) is 78.5 Å². The summed E-state index contributed by atoms with van der Waals surface area (Å²) in [7, 11) is -3.84. The first-order valence-corrected chi connectivity index (χ1v) is 27.4. The maximum absolute atomic E-state index is 12.1. The smallest absolute Gasteiger partial charge is 0.326 e. The van der Waals surface area contributed by atoms with E-state index in [4.69, 9.17) is 34.9 Å². The van der Waals surface area contributed by atoms with Crippen LogP contribution in [0.15, 0.2) is 24.3 Å². The number of carboxylic acid groups (broad SMARTS) is 2. The van der Waals surface area contributed by atoms with Gasteiger partial charge < -0.3 is 56.2 Å². The van der Waals surface area contributed by atoms with Gasteiger partial charge in [-0.2, -0.15) is 5.21 Å². The zero-order valence-corrected chi connectivity index (χ0v) is 45.5. The molecule has 1 heterocycles. The molecule has 0 aliphatic rings. The second-order valence-electron chi connectivity index (χ2n) is 17.6. The number of rotatable bonds is 44. The number of benzene rings is 1. The number of Topliss-reactive ketones (excluding diaryl/α,β-unsaturated/α-hetero) is 2. The molecule has 438 valence electrons. The summed E-state index contributed by atoms with van der Waals surface area (Å²) in [5, 5.41) is 41.5. The van der Waals surface area contributed by atoms with E-state index < -0.39 is 57.7 Å². The summed E-state index contributed by atoms with van der Waals surface area (Å²) in [6, 6.07) is 5.29. The van der Waals surface area contributed by atoms with Gasteiger partial charge in [-0.05, 0) is 70.4 Å². The van der Waals surface area contributed by atoms with E-state index in [9.17, 15) is 56.4 Å². The van der Waals surface area contributed by atoms with Crippen molar-refractivity contribution < 1.29 is 85.5 Å². The summed E-state index contributed by atoms with van der Waals surface area (Å²) < 4.78 is 46.9. The lowest BCUT2D eigenvalue weighted by Crippen LogP contribution is -2.45. The summed E-state index contributed by atoms with van der Waals surface area (Å²) in [6.45, 7) is 6.54. The second-order valence-corrected chi connectivity index (χ2v) is 19.5. The number of carbonyl (C=O) groups excluding carboxylic acids is 8. The summed E-state index contributed by atoms with van der Waals surface area (Å²) in [4.78, 5) is 117. The quantitative estimate of drug-likeness (QED) is 0.0394. The van der Waals surface area contributed by atoms with Crippen LogP contribution in [0.1, 0.15) is 125 Å². The molecule has 3 atom stereocenters. The maximum Gasteiger partial charge on any atom is 0.326 e. The third-order valence-electron chi connectivity index (χ3n) is 11.0. The van der Waals surface area contributed by atoms with Gasteiger partial charge in [0.25, 0.3) is 5.91 Å². The predicted molar refractivity (Wildman–Crippen MR) is 277 cm³/mol. The first kappa shape index (κ1) is 69.2. The Morgan fingerprint density at radius 2 is 1.31 bits per heavy atom. The summed E-state index contributed by atoms with van der Waals surface area (Å²) in [5.74, 6) is -5.95. The largest absolute Gasteiger partial charge is 0.481 e. The van der Waals surface area contributed by atoms with Gasteiger partial charge in [-0.15, -0.1) is 10.2 Å². The highest BCUT2D eigenvalue weighted by Gasteiger charge is 2.22. The summed E-state index contributed by atoms with van der Waals surface area (Å²) >= 11 is 0. The number of nitrogens with two attached hydrogens (primary N) is 1. The van der Waals surface area contributed by atoms with Gasteiger partial charge in [-0.25, -0.2) is 13.2 Å². The highest BCUT2D eigenvalue weighted by Crippen LogP contribution is 2.10. The van der Waals surface area contributed by atoms with E-state index in [1.165, 1.54) is 0 Å². The number of tetrazole rings is 1. The summed E-state index contributed by atoms with van der Waals surface area (Å²) in [6.07, 6.45) is 3.41. The molecule has 0 saturated heterocycles. The monoisotopic (exact) mass is 1130 g/mol. The number of ketones is 2. The van der Waals surface area contributed by atoms with E-state index in [1.54, 1.807) is 26.0 Å². The fourth-order valence-corrected chi connectivity index (χ4v) is 7.71. The van der Waals surface area contributed by atoms with Crippen molar-refractivity contribution in [3.05, 3.63) is 41.2 Å². The minimum atomic E-state index is -3.84. The van der Waals surface area contributed by atoms with Crippen LogP contribution in [0, 0.1) is 12.8 Å². The molecule has 6 amide bonds. The molecule has 3 unspecified atom stereocenters. The topological polar surface area (TPSA) is 423 Å². The van der Waals surface area contributed by atoms with E-state index in [0.717, 1.165) is 5.56 Å². The van der Waals surface area contributed by atoms with Crippen molar-refractivity contribution in [2.75, 3.05) is 71.7 Å². The normalized spacial score (nSPS) is 12.1. The van der Waals surface area contributed by atoms with Crippen molar-refractivity contribution in [3.8, 4) is 0 Å². The Hall–Kier alpha value is -6.82. The Morgan fingerprint density at radius 3 is 1.94 bits per heavy atom. The third kappa shape index (κ3) is 35.5. The molecular weight excluding hydrogens is 1050 g/mol. The fourth-order valence-electron chi connectivity index (χ4n) is 6.63. The van der Waals surface area contributed by atoms with Crippen molar-refractivity contribution in [3.63, 3.8) is 0 Å².